The zero-order chi connectivity index (χ0) is 10.4. The monoisotopic (exact) mass is 196 g/mol. The highest BCUT2D eigenvalue weighted by Gasteiger charge is 2.09. The van der Waals surface area contributed by atoms with Crippen molar-refractivity contribution in [2.75, 3.05) is 6.54 Å². The van der Waals surface area contributed by atoms with Gasteiger partial charge in [0.05, 0.1) is 5.92 Å². The Hall–Kier alpha value is -1.29. The van der Waals surface area contributed by atoms with E-state index in [4.69, 9.17) is 5.11 Å². The molecule has 1 aromatic rings. The summed E-state index contributed by atoms with van der Waals surface area (Å²) in [5.41, 5.74) is 1.12. The molecule has 0 radical (unpaired) electrons. The first-order valence-corrected chi connectivity index (χ1v) is 4.76. The number of carboxylic acid groups (broad SMARTS) is 1. The third-order valence-electron chi connectivity index (χ3n) is 2.15. The number of hydrogen-bond acceptors (Lipinski definition) is 2. The summed E-state index contributed by atoms with van der Waals surface area (Å²) in [5, 5.41) is 11.8. The molecular weight excluding hydrogens is 180 g/mol. The average molecular weight is 196 g/mol. The van der Waals surface area contributed by atoms with Crippen molar-refractivity contribution in [1.82, 2.24) is 10.3 Å². The first-order valence-electron chi connectivity index (χ1n) is 4.76. The van der Waals surface area contributed by atoms with E-state index in [9.17, 15) is 4.79 Å². The number of carboxylic acids is 1. The van der Waals surface area contributed by atoms with Crippen LogP contribution in [0.25, 0.3) is 0 Å². The van der Waals surface area contributed by atoms with Crippen LogP contribution in [0, 0.1) is 5.92 Å². The van der Waals surface area contributed by atoms with Crippen LogP contribution in [0.3, 0.4) is 0 Å². The summed E-state index contributed by atoms with van der Waals surface area (Å²) >= 11 is 0. The molecular formula is C10H16N2O2. The minimum Gasteiger partial charge on any atom is -0.481 e. The Bertz CT molecular complexity index is 270. The number of aromatic amines is 1. The van der Waals surface area contributed by atoms with Crippen LogP contribution in [0.5, 0.6) is 0 Å². The van der Waals surface area contributed by atoms with Gasteiger partial charge in [0.1, 0.15) is 0 Å². The highest BCUT2D eigenvalue weighted by Crippen LogP contribution is 2.00. The lowest BCUT2D eigenvalue weighted by molar-refractivity contribution is -0.141. The van der Waals surface area contributed by atoms with Gasteiger partial charge in [-0.1, -0.05) is 6.92 Å². The van der Waals surface area contributed by atoms with Gasteiger partial charge in [-0.25, -0.2) is 0 Å². The maximum absolute atomic E-state index is 10.5. The Morgan fingerprint density at radius 2 is 2.50 bits per heavy atom. The molecule has 0 amide bonds. The first-order chi connectivity index (χ1) is 6.70. The van der Waals surface area contributed by atoms with Crippen LogP contribution in [0.4, 0.5) is 0 Å². The summed E-state index contributed by atoms with van der Waals surface area (Å²) < 4.78 is 0. The Kier molecular flexibility index (Phi) is 4.19. The zero-order valence-corrected chi connectivity index (χ0v) is 8.29. The summed E-state index contributed by atoms with van der Waals surface area (Å²) in [6.07, 6.45) is 2.53. The van der Waals surface area contributed by atoms with Crippen molar-refractivity contribution in [3.63, 3.8) is 0 Å². The molecule has 0 saturated carbocycles. The number of aliphatic carboxylic acids is 1. The fraction of sp³-hybridized carbons (Fsp3) is 0.500. The van der Waals surface area contributed by atoms with Crippen LogP contribution < -0.4 is 5.32 Å². The minimum absolute atomic E-state index is 0.272. The van der Waals surface area contributed by atoms with Crippen molar-refractivity contribution in [2.45, 2.75) is 19.9 Å². The topological polar surface area (TPSA) is 65.1 Å². The van der Waals surface area contributed by atoms with Gasteiger partial charge >= 0.3 is 5.97 Å². The predicted octanol–water partition coefficient (Wildman–Crippen LogP) is 1.22. The highest BCUT2D eigenvalue weighted by atomic mass is 16.4. The van der Waals surface area contributed by atoms with Crippen LogP contribution in [-0.2, 0) is 11.3 Å². The van der Waals surface area contributed by atoms with Gasteiger partial charge < -0.3 is 15.4 Å². The van der Waals surface area contributed by atoms with E-state index in [0.717, 1.165) is 18.8 Å². The molecule has 3 N–H and O–H groups in total. The van der Waals surface area contributed by atoms with Gasteiger partial charge in [0.25, 0.3) is 0 Å². The van der Waals surface area contributed by atoms with Crippen LogP contribution in [0.2, 0.25) is 0 Å². The maximum atomic E-state index is 10.5. The van der Waals surface area contributed by atoms with Crippen LogP contribution in [-0.4, -0.2) is 22.6 Å². The summed E-state index contributed by atoms with van der Waals surface area (Å²) in [6, 6.07) is 3.94. The SMILES string of the molecule is CC(CCNCc1ccc[nH]1)C(=O)O. The Morgan fingerprint density at radius 1 is 1.71 bits per heavy atom. The lowest BCUT2D eigenvalue weighted by Gasteiger charge is -2.06. The molecule has 1 aromatic heterocycles. The minimum atomic E-state index is -0.730. The molecule has 4 heteroatoms. The van der Waals surface area contributed by atoms with Gasteiger partial charge in [0.2, 0.25) is 0 Å². The Morgan fingerprint density at radius 3 is 3.07 bits per heavy atom. The number of aromatic nitrogens is 1. The van der Waals surface area contributed by atoms with Gasteiger partial charge in [-0.05, 0) is 25.1 Å². The number of H-pyrrole nitrogens is 1. The molecule has 0 aliphatic rings. The van der Waals surface area contributed by atoms with Crippen LogP contribution >= 0.6 is 0 Å². The van der Waals surface area contributed by atoms with Crippen molar-refractivity contribution in [3.05, 3.63) is 24.0 Å². The van der Waals surface area contributed by atoms with Gasteiger partial charge in [-0.2, -0.15) is 0 Å². The molecule has 14 heavy (non-hydrogen) atoms. The standard InChI is InChI=1S/C10H16N2O2/c1-8(10(13)14)4-6-11-7-9-3-2-5-12-9/h2-3,5,8,11-12H,4,6-7H2,1H3,(H,13,14). The Labute approximate surface area is 83.3 Å². The van der Waals surface area contributed by atoms with Crippen molar-refractivity contribution >= 4 is 5.97 Å². The van der Waals surface area contributed by atoms with E-state index < -0.39 is 5.97 Å². The quantitative estimate of drug-likeness (QED) is 0.599. The third kappa shape index (κ3) is 3.62. The molecule has 78 valence electrons. The molecule has 1 unspecified atom stereocenters. The number of carbonyl (C=O) groups is 1. The van der Waals surface area contributed by atoms with E-state index in [1.54, 1.807) is 6.92 Å². The highest BCUT2D eigenvalue weighted by molar-refractivity contribution is 5.69. The fourth-order valence-electron chi connectivity index (χ4n) is 1.14. The molecule has 1 atom stereocenters. The zero-order valence-electron chi connectivity index (χ0n) is 8.29. The Balaban J connectivity index is 2.08. The van der Waals surface area contributed by atoms with Crippen molar-refractivity contribution < 1.29 is 9.90 Å². The van der Waals surface area contributed by atoms with Crippen molar-refractivity contribution in [2.24, 2.45) is 5.92 Å². The molecule has 1 rings (SSSR count). The van der Waals surface area contributed by atoms with Crippen molar-refractivity contribution in [1.29, 1.82) is 0 Å². The van der Waals surface area contributed by atoms with E-state index in [-0.39, 0.29) is 5.92 Å². The van der Waals surface area contributed by atoms with E-state index in [1.165, 1.54) is 0 Å². The maximum Gasteiger partial charge on any atom is 0.306 e. The molecule has 0 aliphatic carbocycles. The second kappa shape index (κ2) is 5.44. The lowest BCUT2D eigenvalue weighted by Crippen LogP contribution is -2.20. The normalized spacial score (nSPS) is 12.6. The summed E-state index contributed by atoms with van der Waals surface area (Å²) in [5.74, 6) is -1.00. The van der Waals surface area contributed by atoms with Crippen molar-refractivity contribution in [3.8, 4) is 0 Å². The molecule has 1 heterocycles. The van der Waals surface area contributed by atoms with E-state index in [1.807, 2.05) is 18.3 Å². The van der Waals surface area contributed by atoms with E-state index >= 15 is 0 Å². The van der Waals surface area contributed by atoms with Gasteiger partial charge in [0.15, 0.2) is 0 Å². The molecule has 0 aliphatic heterocycles. The summed E-state index contributed by atoms with van der Waals surface area (Å²) in [4.78, 5) is 13.6. The predicted molar refractivity (Wildman–Crippen MR) is 53.9 cm³/mol. The molecule has 0 saturated heterocycles. The molecule has 4 nitrogen and oxygen atoms in total. The number of nitrogens with one attached hydrogen (secondary N) is 2. The van der Waals surface area contributed by atoms with Crippen LogP contribution in [0.1, 0.15) is 19.0 Å². The van der Waals surface area contributed by atoms with E-state index in [0.29, 0.717) is 6.42 Å². The summed E-state index contributed by atoms with van der Waals surface area (Å²) in [7, 11) is 0. The lowest BCUT2D eigenvalue weighted by atomic mass is 10.1. The van der Waals surface area contributed by atoms with E-state index in [2.05, 4.69) is 10.3 Å². The largest absolute Gasteiger partial charge is 0.481 e. The first kappa shape index (κ1) is 10.8. The van der Waals surface area contributed by atoms with Gasteiger partial charge in [-0.15, -0.1) is 0 Å². The van der Waals surface area contributed by atoms with Gasteiger partial charge in [-0.3, -0.25) is 4.79 Å². The molecule has 0 aromatic carbocycles. The second-order valence-electron chi connectivity index (χ2n) is 3.40. The average Bonchev–Trinajstić information content (AvgIpc) is 2.64. The third-order valence-corrected chi connectivity index (χ3v) is 2.15. The second-order valence-corrected chi connectivity index (χ2v) is 3.40. The summed E-state index contributed by atoms with van der Waals surface area (Å²) in [6.45, 7) is 3.21. The molecule has 0 spiro atoms. The van der Waals surface area contributed by atoms with Gasteiger partial charge in [0, 0.05) is 18.4 Å². The van der Waals surface area contributed by atoms with Crippen LogP contribution in [0.15, 0.2) is 18.3 Å². The molecule has 0 bridgehead atoms. The number of rotatable bonds is 6. The molecule has 0 fully saturated rings. The fourth-order valence-corrected chi connectivity index (χ4v) is 1.14. The smallest absolute Gasteiger partial charge is 0.306 e. The number of hydrogen-bond donors (Lipinski definition) is 3.